The number of unbranched alkanes of at least 4 members (excludes halogenated alkanes) is 7. The van der Waals surface area contributed by atoms with Gasteiger partial charge in [-0.1, -0.05) is 38.5 Å². The van der Waals surface area contributed by atoms with Gasteiger partial charge >= 0.3 is 33.9 Å². The van der Waals surface area contributed by atoms with Gasteiger partial charge in [0.15, 0.2) is 5.11 Å². The Kier molecular flexibility index (Phi) is 26.7. The Morgan fingerprint density at radius 3 is 1.67 bits per heavy atom. The van der Waals surface area contributed by atoms with Crippen LogP contribution < -0.4 is 10.6 Å². The molecule has 0 bridgehead atoms. The van der Waals surface area contributed by atoms with Gasteiger partial charge in [0.1, 0.15) is 11.6 Å². The van der Waals surface area contributed by atoms with E-state index in [-0.39, 0.29) is 25.3 Å². The predicted octanol–water partition coefficient (Wildman–Crippen LogP) is 4.89. The number of hydrogen-bond acceptors (Lipinski definition) is 6. The number of anilines is 1. The predicted molar refractivity (Wildman–Crippen MR) is 171 cm³/mol. The fourth-order valence-electron chi connectivity index (χ4n) is 4.33. The average molecular weight is 844 g/mol. The summed E-state index contributed by atoms with van der Waals surface area (Å²) in [5, 5.41) is 13.8. The summed E-state index contributed by atoms with van der Waals surface area (Å²) < 4.78 is 49.1. The Bertz CT molecular complexity index is 1350. The van der Waals surface area contributed by atoms with Crippen molar-refractivity contribution in [2.24, 2.45) is 14.1 Å². The van der Waals surface area contributed by atoms with Crippen molar-refractivity contribution >= 4 is 33.0 Å². The van der Waals surface area contributed by atoms with E-state index in [1.807, 2.05) is 38.9 Å². The van der Waals surface area contributed by atoms with Gasteiger partial charge in [-0.15, -0.1) is 0 Å². The van der Waals surface area contributed by atoms with Crippen molar-refractivity contribution in [1.82, 2.24) is 29.3 Å². The minimum absolute atomic E-state index is 0. The number of imidazole rings is 2. The first kappa shape index (κ1) is 45.2. The average Bonchev–Trinajstić information content (AvgIpc) is 3.65. The third-order valence-electron chi connectivity index (χ3n) is 6.68. The van der Waals surface area contributed by atoms with Gasteiger partial charge in [-0.2, -0.15) is 0 Å². The van der Waals surface area contributed by atoms with E-state index in [4.69, 9.17) is 31.3 Å². The molecule has 3 N–H and O–H groups in total. The van der Waals surface area contributed by atoms with Gasteiger partial charge in [0.05, 0.1) is 23.1 Å². The summed E-state index contributed by atoms with van der Waals surface area (Å²) in [5.41, 5.74) is 0.691. The first-order chi connectivity index (χ1) is 21.7. The van der Waals surface area contributed by atoms with Gasteiger partial charge in [-0.3, -0.25) is 4.90 Å². The zero-order valence-corrected chi connectivity index (χ0v) is 30.4. The molecule has 0 fully saturated rings. The van der Waals surface area contributed by atoms with Crippen molar-refractivity contribution in [2.75, 3.05) is 18.4 Å². The maximum atomic E-state index is 11.2. The molecule has 3 aromatic rings. The van der Waals surface area contributed by atoms with E-state index in [9.17, 15) is 8.42 Å². The third kappa shape index (κ3) is 18.9. The number of nitrogens with zero attached hydrogens (tertiary/aromatic N) is 5. The fourth-order valence-corrected chi connectivity index (χ4v) is 5.04. The van der Waals surface area contributed by atoms with Gasteiger partial charge < -0.3 is 24.9 Å². The van der Waals surface area contributed by atoms with E-state index in [0.29, 0.717) is 10.8 Å². The van der Waals surface area contributed by atoms with Crippen molar-refractivity contribution in [1.29, 1.82) is 0 Å². The molecule has 0 atom stereocenters. The van der Waals surface area contributed by atoms with Crippen molar-refractivity contribution in [3.05, 3.63) is 85.8 Å². The van der Waals surface area contributed by atoms with Crippen LogP contribution in [0.25, 0.3) is 5.14 Å². The third-order valence-corrected chi connectivity index (χ3v) is 7.82. The molecule has 2 heterocycles. The monoisotopic (exact) mass is 844 g/mol. The number of hydrogen-bond donors (Lipinski definition) is 2. The van der Waals surface area contributed by atoms with Crippen LogP contribution in [0.4, 0.5) is 5.69 Å². The largest absolute Gasteiger partial charge is 0 e. The Hall–Kier alpha value is -2.92. The molecule has 13 nitrogen and oxygen atoms in total. The summed E-state index contributed by atoms with van der Waals surface area (Å²) in [6, 6.07) is 6.00. The Labute approximate surface area is 291 Å². The first-order valence-electron chi connectivity index (χ1n) is 14.1. The maximum Gasteiger partial charge on any atom is 0 e. The van der Waals surface area contributed by atoms with Gasteiger partial charge in [-0.25, -0.2) is 18.4 Å². The molecular formula is C30H41N8O5ReS2-. The van der Waals surface area contributed by atoms with Crippen LogP contribution in [0.2, 0.25) is 0 Å². The summed E-state index contributed by atoms with van der Waals surface area (Å²) >= 11 is 5.31. The number of aryl methyl sites for hydroxylation is 2. The van der Waals surface area contributed by atoms with Crippen LogP contribution in [-0.2, 0) is 71.6 Å². The summed E-state index contributed by atoms with van der Waals surface area (Å²) in [6.07, 6.45) is 17.3. The SMILES string of the molecule is Cn1ccnc1CN(CCCCCCCCCCNC(=S)Nc1ccc(S([NH-])(=O)=O)cc1)Cc1nccn1C.[C-]#[O+].[C-]#[O+].[C-]#[O+].[Re]. The van der Waals surface area contributed by atoms with Crippen LogP contribution >= 0.6 is 12.2 Å². The molecule has 2 aromatic heterocycles. The van der Waals surface area contributed by atoms with Crippen molar-refractivity contribution in [3.8, 4) is 0 Å². The van der Waals surface area contributed by atoms with E-state index in [2.05, 4.69) is 54.6 Å². The second-order valence-corrected chi connectivity index (χ2v) is 11.7. The summed E-state index contributed by atoms with van der Waals surface area (Å²) in [7, 11) is 0.148. The van der Waals surface area contributed by atoms with Crippen LogP contribution in [-0.4, -0.2) is 50.6 Å². The number of thiocarbonyl (C=S) groups is 1. The molecule has 251 valence electrons. The van der Waals surface area contributed by atoms with E-state index in [0.717, 1.165) is 50.7 Å². The smallest absolute Gasteiger partial charge is 0 e. The van der Waals surface area contributed by atoms with E-state index in [1.54, 1.807) is 12.1 Å². The van der Waals surface area contributed by atoms with E-state index < -0.39 is 10.0 Å². The Morgan fingerprint density at radius 1 is 0.826 bits per heavy atom. The zero-order chi connectivity index (χ0) is 34.1. The molecule has 0 saturated carbocycles. The molecule has 0 amide bonds. The summed E-state index contributed by atoms with van der Waals surface area (Å²) in [5.74, 6) is 2.15. The van der Waals surface area contributed by atoms with Crippen LogP contribution in [0.1, 0.15) is 63.0 Å². The standard InChI is InChI=1S/C27H42N8O2S2.3CO.Re/c1-33-19-16-29-25(33)21-35(22-26-30-17-20-34(26)2)18-10-8-6-4-3-5-7-9-15-31-27(38)32-23-11-13-24(14-12-23)39(28,36)37;3*1-2;/h11-14,16-17,19-20H,3-10,15,18,21-22H2,1-2H3,(H4,28,31,32,36,37,38);;;;/p-1. The van der Waals surface area contributed by atoms with Crippen LogP contribution in [0, 0.1) is 20.0 Å². The number of nitrogens with one attached hydrogen (secondary N) is 3. The van der Waals surface area contributed by atoms with Gasteiger partial charge in [0.2, 0.25) is 0 Å². The maximum absolute atomic E-state index is 11.2. The van der Waals surface area contributed by atoms with Gasteiger partial charge in [0, 0.05) is 76.4 Å². The van der Waals surface area contributed by atoms with Gasteiger partial charge in [-0.05, 0) is 55.9 Å². The topological polar surface area (TPSA) is 181 Å². The van der Waals surface area contributed by atoms with Crippen LogP contribution in [0.5, 0.6) is 0 Å². The minimum atomic E-state index is -3.94. The molecule has 0 aliphatic rings. The van der Waals surface area contributed by atoms with E-state index >= 15 is 0 Å². The van der Waals surface area contributed by atoms with Crippen molar-refractivity contribution in [3.63, 3.8) is 0 Å². The second-order valence-electron chi connectivity index (χ2n) is 9.86. The number of rotatable bonds is 17. The Balaban J connectivity index is 0. The van der Waals surface area contributed by atoms with E-state index in [1.165, 1.54) is 50.7 Å². The Morgan fingerprint density at radius 2 is 1.26 bits per heavy atom. The number of sulfonamides is 1. The number of benzene rings is 1. The molecule has 0 unspecified atom stereocenters. The second kappa shape index (κ2) is 27.2. The van der Waals surface area contributed by atoms with Gasteiger partial charge in [0.25, 0.3) is 0 Å². The molecular weight excluding hydrogens is 803 g/mol. The fraction of sp³-hybridized carbons (Fsp3) is 0.467. The number of aromatic nitrogens is 4. The minimum Gasteiger partial charge on any atom is 0 e. The van der Waals surface area contributed by atoms with Crippen LogP contribution in [0.15, 0.2) is 53.9 Å². The zero-order valence-electron chi connectivity index (χ0n) is 26.1. The van der Waals surface area contributed by atoms with Crippen molar-refractivity contribution in [2.45, 2.75) is 69.4 Å². The molecule has 1 aromatic carbocycles. The molecule has 0 saturated heterocycles. The van der Waals surface area contributed by atoms with Crippen LogP contribution in [0.3, 0.4) is 0 Å². The molecule has 0 aliphatic heterocycles. The molecule has 16 heteroatoms. The molecule has 3 rings (SSSR count). The molecule has 0 aliphatic carbocycles. The molecule has 46 heavy (non-hydrogen) atoms. The molecule has 1 radical (unpaired) electrons. The first-order valence-corrected chi connectivity index (χ1v) is 16.0. The molecule has 0 spiro atoms. The normalized spacial score (nSPS) is 10.0. The summed E-state index contributed by atoms with van der Waals surface area (Å²) in [6.45, 7) is 17.0. The quantitative estimate of drug-likeness (QED) is 0.0835. The summed E-state index contributed by atoms with van der Waals surface area (Å²) in [4.78, 5) is 11.4. The van der Waals surface area contributed by atoms with Crippen molar-refractivity contribution < 1.29 is 42.8 Å².